The molecular weight excluding hydrogens is 1030 g/mol. The van der Waals surface area contributed by atoms with Crippen LogP contribution in [0.15, 0.2) is 72.8 Å². The molecule has 2 fully saturated rings. The third-order valence-corrected chi connectivity index (χ3v) is 12.6. The fraction of sp³-hybridized carbons (Fsp3) is 0.432. The molecule has 2 heterocycles. The van der Waals surface area contributed by atoms with Gasteiger partial charge in [-0.05, 0) is 53.1 Å². The standard InChI is InChI=1S/C35H39N5O11S2.2CHF3O3S/c1-48-30-12-6-27(7-13-30)23-53-35(52)20-31(38(24-35)33(42)50-21-25-2-8-28(9-3-25)39(44)45)32(41)37-16-14-36(15-17-37)18-19-49-34(43)51-22-26-4-10-29(11-5-26)40(46)47;2*2-1(3,4)8(5,6)7/h2-13,31,52H,14-24H2,1H3;2*(H,5,6,7)/t31-,35-;;/m0../s1. The van der Waals surface area contributed by atoms with Crippen LogP contribution in [0.4, 0.5) is 47.3 Å². The van der Waals surface area contributed by atoms with Gasteiger partial charge in [0.2, 0.25) is 5.91 Å². The molecule has 2 aliphatic heterocycles. The summed E-state index contributed by atoms with van der Waals surface area (Å²) in [5.41, 5.74) is -9.03. The number of nitro groups is 2. The number of thiol groups is 1. The van der Waals surface area contributed by atoms with Crippen molar-refractivity contribution >= 4 is 74.2 Å². The Balaban J connectivity index is 0.000000673. The minimum Gasteiger partial charge on any atom is -0.497 e. The number of thioether (sulfide) groups is 1. The van der Waals surface area contributed by atoms with Crippen molar-refractivity contribution in [3.63, 3.8) is 0 Å². The lowest BCUT2D eigenvalue weighted by Gasteiger charge is -2.37. The second-order valence-electron chi connectivity index (χ2n) is 14.2. The third kappa shape index (κ3) is 18.6. The van der Waals surface area contributed by atoms with E-state index in [0.717, 1.165) is 11.3 Å². The van der Waals surface area contributed by atoms with Crippen LogP contribution in [-0.2, 0) is 58.2 Å². The minimum atomic E-state index is -5.84. The summed E-state index contributed by atoms with van der Waals surface area (Å²) < 4.78 is 135. The first-order chi connectivity index (χ1) is 31.9. The van der Waals surface area contributed by atoms with E-state index in [9.17, 15) is 61.0 Å². The number of alkyl halides is 6. The number of piperazine rings is 1. The molecule has 0 aromatic heterocycles. The van der Waals surface area contributed by atoms with Crippen LogP contribution in [0, 0.1) is 20.2 Å². The van der Waals surface area contributed by atoms with Crippen LogP contribution in [0.2, 0.25) is 0 Å². The van der Waals surface area contributed by atoms with Gasteiger partial charge < -0.3 is 23.8 Å². The van der Waals surface area contributed by atoms with Crippen LogP contribution in [0.1, 0.15) is 23.1 Å². The molecule has 2 saturated heterocycles. The van der Waals surface area contributed by atoms with Crippen LogP contribution in [-0.4, -0.2) is 143 Å². The van der Waals surface area contributed by atoms with Crippen LogP contribution < -0.4 is 4.74 Å². The molecule has 22 nitrogen and oxygen atoms in total. The normalized spacial score (nSPS) is 17.6. The second-order valence-corrected chi connectivity index (χ2v) is 19.6. The number of benzene rings is 3. The summed E-state index contributed by atoms with van der Waals surface area (Å²) in [7, 11) is -10.1. The van der Waals surface area contributed by atoms with Crippen LogP contribution >= 0.6 is 24.4 Å². The summed E-state index contributed by atoms with van der Waals surface area (Å²) in [4.78, 5) is 65.5. The van der Waals surface area contributed by atoms with Crippen LogP contribution in [0.3, 0.4) is 0 Å². The Morgan fingerprint density at radius 1 is 0.754 bits per heavy atom. The highest BCUT2D eigenvalue weighted by atomic mass is 32.2. The quantitative estimate of drug-likeness (QED) is 0.0241. The molecule has 69 heavy (non-hydrogen) atoms. The van der Waals surface area contributed by atoms with Crippen molar-refractivity contribution in [2.24, 2.45) is 0 Å². The lowest BCUT2D eigenvalue weighted by atomic mass is 10.1. The van der Waals surface area contributed by atoms with Gasteiger partial charge in [0.25, 0.3) is 11.4 Å². The number of ether oxygens (including phenoxy) is 4. The minimum absolute atomic E-state index is 0.0624. The molecule has 0 saturated carbocycles. The topological polar surface area (TPSA) is 293 Å². The molecule has 3 aromatic rings. The summed E-state index contributed by atoms with van der Waals surface area (Å²) in [5, 5.41) is 21.8. The molecule has 0 bridgehead atoms. The Hall–Kier alpha value is -5.67. The van der Waals surface area contributed by atoms with Crippen LogP contribution in [0.25, 0.3) is 0 Å². The number of nitro benzene ring substituents is 2. The number of nitrogens with zero attached hydrogens (tertiary/aromatic N) is 5. The van der Waals surface area contributed by atoms with Gasteiger partial charge in [0.1, 0.15) is 31.6 Å². The van der Waals surface area contributed by atoms with E-state index in [1.54, 1.807) is 12.0 Å². The molecule has 382 valence electrons. The van der Waals surface area contributed by atoms with Crippen molar-refractivity contribution in [2.45, 2.75) is 46.5 Å². The number of amides is 2. The number of halogens is 6. The molecule has 2 atom stereocenters. The Bertz CT molecular complexity index is 2420. The number of hydrogen-bond acceptors (Lipinski definition) is 18. The molecule has 32 heteroatoms. The van der Waals surface area contributed by atoms with Crippen LogP contribution in [0.5, 0.6) is 5.75 Å². The maximum Gasteiger partial charge on any atom is 0.522 e. The number of likely N-dealkylation sites (tertiary alicyclic amines) is 1. The largest absolute Gasteiger partial charge is 0.522 e. The molecule has 2 N–H and O–H groups in total. The maximum atomic E-state index is 14.0. The highest BCUT2D eigenvalue weighted by Crippen LogP contribution is 2.44. The van der Waals surface area contributed by atoms with Gasteiger partial charge in [-0.1, -0.05) is 12.1 Å². The van der Waals surface area contributed by atoms with Crippen molar-refractivity contribution in [1.82, 2.24) is 14.7 Å². The molecule has 0 spiro atoms. The first-order valence-electron chi connectivity index (χ1n) is 19.2. The molecule has 2 aliphatic rings. The number of carbonyl (C=O) groups is 3. The van der Waals surface area contributed by atoms with Gasteiger partial charge in [-0.25, -0.2) is 9.59 Å². The van der Waals surface area contributed by atoms with Crippen molar-refractivity contribution in [3.8, 4) is 5.75 Å². The van der Waals surface area contributed by atoms with Gasteiger partial charge in [0.05, 0.1) is 21.0 Å². The summed E-state index contributed by atoms with van der Waals surface area (Å²) in [6.07, 6.45) is -1.25. The van der Waals surface area contributed by atoms with Crippen molar-refractivity contribution in [2.75, 3.05) is 53.0 Å². The van der Waals surface area contributed by atoms with E-state index >= 15 is 0 Å². The second kappa shape index (κ2) is 24.7. The predicted octanol–water partition coefficient (Wildman–Crippen LogP) is 6.07. The van der Waals surface area contributed by atoms with Crippen molar-refractivity contribution in [1.29, 1.82) is 0 Å². The van der Waals surface area contributed by atoms with Crippen molar-refractivity contribution in [3.05, 3.63) is 110 Å². The summed E-state index contributed by atoms with van der Waals surface area (Å²) in [5.74, 6) is 1.11. The van der Waals surface area contributed by atoms with Gasteiger partial charge in [0, 0.05) is 75.7 Å². The number of carbonyl (C=O) groups excluding carboxylic acids is 3. The molecular formula is C37H41F6N5O17S4. The summed E-state index contributed by atoms with van der Waals surface area (Å²) in [6.45, 7) is 2.24. The Morgan fingerprint density at radius 2 is 1.19 bits per heavy atom. The highest BCUT2D eigenvalue weighted by Gasteiger charge is 2.49. The lowest BCUT2D eigenvalue weighted by Crippen LogP contribution is -2.54. The van der Waals surface area contributed by atoms with E-state index in [2.05, 4.69) is 0 Å². The molecule has 0 unspecified atom stereocenters. The number of hydrogen-bond donors (Lipinski definition) is 3. The van der Waals surface area contributed by atoms with E-state index in [1.165, 1.54) is 65.2 Å². The zero-order chi connectivity index (χ0) is 52.0. The van der Waals surface area contributed by atoms with Gasteiger partial charge in [-0.3, -0.25) is 43.9 Å². The van der Waals surface area contributed by atoms with E-state index in [-0.39, 0.29) is 43.6 Å². The maximum absolute atomic E-state index is 14.0. The summed E-state index contributed by atoms with van der Waals surface area (Å²) >= 11 is 6.51. The average molecular weight is 1070 g/mol. The number of methoxy groups -OCH3 is 1. The van der Waals surface area contributed by atoms with Gasteiger partial charge >= 0.3 is 43.5 Å². The Morgan fingerprint density at radius 3 is 1.61 bits per heavy atom. The third-order valence-electron chi connectivity index (χ3n) is 9.40. The molecule has 2 amide bonds. The number of rotatable bonds is 14. The molecule has 5 rings (SSSR count). The Kier molecular flexibility index (Phi) is 20.7. The summed E-state index contributed by atoms with van der Waals surface area (Å²) in [6, 6.07) is 18.2. The fourth-order valence-corrected chi connectivity index (χ4v) is 7.46. The monoisotopic (exact) mass is 1070 g/mol. The predicted molar refractivity (Wildman–Crippen MR) is 232 cm³/mol. The lowest BCUT2D eigenvalue weighted by molar-refractivity contribution is -0.385. The van der Waals surface area contributed by atoms with E-state index < -0.39 is 63.5 Å². The van der Waals surface area contributed by atoms with Gasteiger partial charge in [-0.15, -0.1) is 11.8 Å². The fourth-order valence-electron chi connectivity index (χ4n) is 5.81. The van der Waals surface area contributed by atoms with Crippen molar-refractivity contribution < 1.29 is 95.5 Å². The smallest absolute Gasteiger partial charge is 0.497 e. The average Bonchev–Trinajstić information content (AvgIpc) is 3.64. The molecule has 3 aromatic carbocycles. The highest BCUT2D eigenvalue weighted by molar-refractivity contribution is 8.11. The first-order valence-corrected chi connectivity index (χ1v) is 23.5. The van der Waals surface area contributed by atoms with Gasteiger partial charge in [0.15, 0.2) is 0 Å². The van der Waals surface area contributed by atoms with E-state index in [4.69, 9.17) is 57.5 Å². The van der Waals surface area contributed by atoms with E-state index in [1.807, 2.05) is 29.2 Å². The van der Waals surface area contributed by atoms with E-state index in [0.29, 0.717) is 56.0 Å². The zero-order valence-electron chi connectivity index (χ0n) is 35.5. The molecule has 0 aliphatic carbocycles. The SMILES string of the molecule is COc1ccc(CS[C@@]2(S)C[C@@H](C(=O)N3CCN(CCOC(=O)OCc4ccc([N+](=O)[O-])cc4)CC3)N(C(=O)OCc3ccc([N+](=O)[O-])cc3)C2)cc1.O=S(=O)(O)C(F)(F)F.O=S(=O)(O)C(F)(F)F. The zero-order valence-corrected chi connectivity index (χ0v) is 38.8. The molecule has 0 radical (unpaired) electrons. The van der Waals surface area contributed by atoms with Gasteiger partial charge in [-0.2, -0.15) is 55.8 Å². The first kappa shape index (κ1) is 57.6. The Labute approximate surface area is 398 Å². The number of non-ortho nitro benzene ring substituents is 2.